The van der Waals surface area contributed by atoms with Crippen LogP contribution in [0.25, 0.3) is 0 Å². The van der Waals surface area contributed by atoms with Crippen molar-refractivity contribution in [1.82, 2.24) is 0 Å². The lowest BCUT2D eigenvalue weighted by Gasteiger charge is -2.20. The minimum absolute atomic E-state index is 0.605. The Labute approximate surface area is 169 Å². The Hall–Kier alpha value is -2.06. The molecule has 2 aliphatic rings. The summed E-state index contributed by atoms with van der Waals surface area (Å²) in [4.78, 5) is 0. The van der Waals surface area contributed by atoms with Gasteiger partial charge in [0, 0.05) is 0 Å². The maximum atomic E-state index is 6.14. The molecule has 0 N–H and O–H groups in total. The number of hydrogen-bond donors (Lipinski definition) is 0. The molecule has 0 spiro atoms. The minimum atomic E-state index is 0.605. The van der Waals surface area contributed by atoms with Gasteiger partial charge in [-0.1, -0.05) is 48.5 Å². The van der Waals surface area contributed by atoms with E-state index in [-0.39, 0.29) is 0 Å². The van der Waals surface area contributed by atoms with Crippen molar-refractivity contribution in [2.75, 3.05) is 0 Å². The highest BCUT2D eigenvalue weighted by Gasteiger charge is 2.27. The summed E-state index contributed by atoms with van der Waals surface area (Å²) >= 11 is 3.75. The lowest BCUT2D eigenvalue weighted by atomic mass is 9.86. The van der Waals surface area contributed by atoms with Crippen LogP contribution < -0.4 is 4.74 Å². The number of rotatable bonds is 6. The maximum absolute atomic E-state index is 6.14. The van der Waals surface area contributed by atoms with Crippen LogP contribution in [-0.2, 0) is 25.9 Å². The van der Waals surface area contributed by atoms with E-state index in [0.717, 1.165) is 16.6 Å². The normalized spacial score (nSPS) is 15.1. The zero-order valence-electron chi connectivity index (χ0n) is 15.4. The largest absolute Gasteiger partial charge is 0.488 e. The third-order valence-electron chi connectivity index (χ3n) is 5.78. The predicted molar refractivity (Wildman–Crippen MR) is 114 cm³/mol. The smallest absolute Gasteiger partial charge is 0.134 e. The Morgan fingerprint density at radius 1 is 0.852 bits per heavy atom. The molecule has 0 saturated heterocycles. The summed E-state index contributed by atoms with van der Waals surface area (Å²) in [5, 5.41) is 0. The number of benzene rings is 3. The van der Waals surface area contributed by atoms with Gasteiger partial charge in [-0.25, -0.2) is 0 Å². The quantitative estimate of drug-likeness (QED) is 0.438. The molecule has 3 aromatic rings. The number of ether oxygens (including phenoxy) is 1. The van der Waals surface area contributed by atoms with Gasteiger partial charge in [-0.2, -0.15) is 0 Å². The third kappa shape index (κ3) is 3.68. The summed E-state index contributed by atoms with van der Waals surface area (Å²) < 4.78 is 7.20. The first-order chi connectivity index (χ1) is 13.3. The van der Waals surface area contributed by atoms with Crippen molar-refractivity contribution in [3.05, 3.63) is 98.5 Å². The van der Waals surface area contributed by atoms with Crippen molar-refractivity contribution in [2.45, 2.75) is 44.6 Å². The van der Waals surface area contributed by atoms with Gasteiger partial charge < -0.3 is 4.74 Å². The molecule has 2 heteroatoms. The van der Waals surface area contributed by atoms with Gasteiger partial charge in [0.05, 0.1) is 4.47 Å². The topological polar surface area (TPSA) is 9.23 Å². The van der Waals surface area contributed by atoms with E-state index in [2.05, 4.69) is 70.5 Å². The summed E-state index contributed by atoms with van der Waals surface area (Å²) in [6.07, 6.45) is 6.11. The molecule has 0 amide bonds. The van der Waals surface area contributed by atoms with Crippen LogP contribution >= 0.6 is 15.9 Å². The van der Waals surface area contributed by atoms with E-state index < -0.39 is 0 Å². The van der Waals surface area contributed by atoms with Gasteiger partial charge >= 0.3 is 0 Å². The highest BCUT2D eigenvalue weighted by Crippen LogP contribution is 2.45. The molecule has 5 rings (SSSR count). The van der Waals surface area contributed by atoms with Crippen LogP contribution in [0.4, 0.5) is 0 Å². The SMILES string of the molecule is Brc1cc(Cc2ccc3c(c2)CC3)c(C2CC2)cc1OCc1ccccc1. The standard InChI is InChI=1S/C25H23BrO/c26-24-14-22(13-18-6-7-19-8-11-21(19)12-18)23(20-9-10-20)15-25(24)27-16-17-4-2-1-3-5-17/h1-7,12,14-15,20H,8-11,13,16H2. The Bertz CT molecular complexity index is 973. The molecule has 1 fully saturated rings. The first-order valence-electron chi connectivity index (χ1n) is 9.86. The third-order valence-corrected chi connectivity index (χ3v) is 6.40. The van der Waals surface area contributed by atoms with Gasteiger partial charge in [-0.15, -0.1) is 0 Å². The number of hydrogen-bond acceptors (Lipinski definition) is 1. The first-order valence-corrected chi connectivity index (χ1v) is 10.7. The number of fused-ring (bicyclic) bond motifs is 1. The average molecular weight is 419 g/mol. The van der Waals surface area contributed by atoms with E-state index in [0.29, 0.717) is 12.5 Å². The van der Waals surface area contributed by atoms with Crippen LogP contribution in [0.15, 0.2) is 65.1 Å². The first kappa shape index (κ1) is 17.1. The molecule has 1 saturated carbocycles. The zero-order valence-corrected chi connectivity index (χ0v) is 17.0. The molecular weight excluding hydrogens is 396 g/mol. The number of halogens is 1. The van der Waals surface area contributed by atoms with Crippen molar-refractivity contribution in [1.29, 1.82) is 0 Å². The van der Waals surface area contributed by atoms with E-state index >= 15 is 0 Å². The lowest BCUT2D eigenvalue weighted by Crippen LogP contribution is -2.08. The fraction of sp³-hybridized carbons (Fsp3) is 0.280. The summed E-state index contributed by atoms with van der Waals surface area (Å²) in [6, 6.07) is 22.0. The summed E-state index contributed by atoms with van der Waals surface area (Å²) in [7, 11) is 0. The molecule has 0 heterocycles. The van der Waals surface area contributed by atoms with Crippen LogP contribution in [0, 0.1) is 0 Å². The van der Waals surface area contributed by atoms with E-state index in [4.69, 9.17) is 4.74 Å². The Morgan fingerprint density at radius 2 is 1.67 bits per heavy atom. The molecule has 1 nitrogen and oxygen atoms in total. The summed E-state index contributed by atoms with van der Waals surface area (Å²) in [5.74, 6) is 1.67. The van der Waals surface area contributed by atoms with Crippen molar-refractivity contribution in [3.8, 4) is 5.75 Å². The molecule has 0 aromatic heterocycles. The molecule has 0 unspecified atom stereocenters. The van der Waals surface area contributed by atoms with E-state index in [9.17, 15) is 0 Å². The molecular formula is C25H23BrO. The average Bonchev–Trinajstić information content (AvgIpc) is 3.49. The van der Waals surface area contributed by atoms with Gasteiger partial charge in [0.25, 0.3) is 0 Å². The molecule has 0 radical (unpaired) electrons. The van der Waals surface area contributed by atoms with Gasteiger partial charge in [0.2, 0.25) is 0 Å². The van der Waals surface area contributed by atoms with Crippen molar-refractivity contribution in [3.63, 3.8) is 0 Å². The maximum Gasteiger partial charge on any atom is 0.134 e. The van der Waals surface area contributed by atoms with Crippen molar-refractivity contribution < 1.29 is 4.74 Å². The predicted octanol–water partition coefficient (Wildman–Crippen LogP) is 6.59. The van der Waals surface area contributed by atoms with Crippen LogP contribution in [0.1, 0.15) is 52.1 Å². The fourth-order valence-electron chi connectivity index (χ4n) is 3.96. The van der Waals surface area contributed by atoms with Crippen LogP contribution in [-0.4, -0.2) is 0 Å². The number of aryl methyl sites for hydroxylation is 2. The summed E-state index contributed by atoms with van der Waals surface area (Å²) in [5.41, 5.74) is 8.62. The second kappa shape index (κ2) is 7.16. The molecule has 136 valence electrons. The second-order valence-electron chi connectivity index (χ2n) is 7.81. The van der Waals surface area contributed by atoms with Crippen LogP contribution in [0.3, 0.4) is 0 Å². The molecule has 0 atom stereocenters. The van der Waals surface area contributed by atoms with Gasteiger partial charge in [-0.3, -0.25) is 0 Å². The lowest BCUT2D eigenvalue weighted by molar-refractivity contribution is 0.304. The monoisotopic (exact) mass is 418 g/mol. The molecule has 0 bridgehead atoms. The molecule has 27 heavy (non-hydrogen) atoms. The van der Waals surface area contributed by atoms with Crippen molar-refractivity contribution in [2.24, 2.45) is 0 Å². The molecule has 3 aromatic carbocycles. The Balaban J connectivity index is 1.40. The van der Waals surface area contributed by atoms with E-state index in [1.807, 2.05) is 6.07 Å². The molecule has 2 aliphatic carbocycles. The van der Waals surface area contributed by atoms with E-state index in [1.54, 1.807) is 5.56 Å². The van der Waals surface area contributed by atoms with Gasteiger partial charge in [0.15, 0.2) is 0 Å². The highest BCUT2D eigenvalue weighted by molar-refractivity contribution is 9.10. The van der Waals surface area contributed by atoms with Crippen molar-refractivity contribution >= 4 is 15.9 Å². The molecule has 0 aliphatic heterocycles. The van der Waals surface area contributed by atoms with Gasteiger partial charge in [0.1, 0.15) is 12.4 Å². The van der Waals surface area contributed by atoms with Gasteiger partial charge in [-0.05, 0) is 99.5 Å². The zero-order chi connectivity index (χ0) is 18.2. The van der Waals surface area contributed by atoms with Crippen LogP contribution in [0.5, 0.6) is 5.75 Å². The highest BCUT2D eigenvalue weighted by atomic mass is 79.9. The Morgan fingerprint density at radius 3 is 2.37 bits per heavy atom. The fourth-order valence-corrected chi connectivity index (χ4v) is 4.47. The Kier molecular flexibility index (Phi) is 4.53. The summed E-state index contributed by atoms with van der Waals surface area (Å²) in [6.45, 7) is 0.605. The minimum Gasteiger partial charge on any atom is -0.488 e. The van der Waals surface area contributed by atoms with Crippen LogP contribution in [0.2, 0.25) is 0 Å². The second-order valence-corrected chi connectivity index (χ2v) is 8.66. The van der Waals surface area contributed by atoms with E-state index in [1.165, 1.54) is 53.5 Å².